The summed E-state index contributed by atoms with van der Waals surface area (Å²) in [5.41, 5.74) is 1.08. The van der Waals surface area contributed by atoms with E-state index in [2.05, 4.69) is 4.74 Å². The van der Waals surface area contributed by atoms with Crippen molar-refractivity contribution in [2.24, 2.45) is 11.8 Å². The molecule has 1 aliphatic heterocycles. The van der Waals surface area contributed by atoms with Gasteiger partial charge in [0.1, 0.15) is 0 Å². The topological polar surface area (TPSA) is 43.4 Å². The second-order valence-electron chi connectivity index (χ2n) is 4.23. The SMILES string of the molecule is CC(/C=C/c1ccccc1)C1CC(=O)OC1=O. The maximum atomic E-state index is 11.4. The smallest absolute Gasteiger partial charge is 0.317 e. The number of esters is 2. The van der Waals surface area contributed by atoms with E-state index in [9.17, 15) is 9.59 Å². The Labute approximate surface area is 100 Å². The van der Waals surface area contributed by atoms with Crippen molar-refractivity contribution in [2.45, 2.75) is 13.3 Å². The first-order valence-electron chi connectivity index (χ1n) is 5.64. The van der Waals surface area contributed by atoms with Crippen molar-refractivity contribution < 1.29 is 14.3 Å². The van der Waals surface area contributed by atoms with Gasteiger partial charge < -0.3 is 4.74 Å². The van der Waals surface area contributed by atoms with E-state index in [-0.39, 0.29) is 18.3 Å². The van der Waals surface area contributed by atoms with Gasteiger partial charge in [0.05, 0.1) is 12.3 Å². The second kappa shape index (κ2) is 4.95. The van der Waals surface area contributed by atoms with Crippen molar-refractivity contribution >= 4 is 18.0 Å². The molecule has 2 atom stereocenters. The third-order valence-corrected chi connectivity index (χ3v) is 2.93. The average molecular weight is 230 g/mol. The van der Waals surface area contributed by atoms with Crippen LogP contribution in [0.1, 0.15) is 18.9 Å². The fourth-order valence-electron chi connectivity index (χ4n) is 1.85. The van der Waals surface area contributed by atoms with Crippen LogP contribution in [0.3, 0.4) is 0 Å². The number of cyclic esters (lactones) is 2. The molecule has 2 unspecified atom stereocenters. The largest absolute Gasteiger partial charge is 0.393 e. The molecular weight excluding hydrogens is 216 g/mol. The Morgan fingerprint density at radius 1 is 1.29 bits per heavy atom. The summed E-state index contributed by atoms with van der Waals surface area (Å²) >= 11 is 0. The summed E-state index contributed by atoms with van der Waals surface area (Å²) in [6, 6.07) is 9.84. The van der Waals surface area contributed by atoms with E-state index in [1.807, 2.05) is 49.4 Å². The Morgan fingerprint density at radius 2 is 2.00 bits per heavy atom. The highest BCUT2D eigenvalue weighted by Gasteiger charge is 2.36. The first kappa shape index (κ1) is 11.6. The summed E-state index contributed by atoms with van der Waals surface area (Å²) in [5.74, 6) is -1.14. The van der Waals surface area contributed by atoms with Gasteiger partial charge in [-0.25, -0.2) is 0 Å². The molecule has 1 heterocycles. The van der Waals surface area contributed by atoms with Crippen LogP contribution in [0.25, 0.3) is 6.08 Å². The predicted molar refractivity (Wildman–Crippen MR) is 63.8 cm³/mol. The highest BCUT2D eigenvalue weighted by Crippen LogP contribution is 2.25. The zero-order chi connectivity index (χ0) is 12.3. The number of allylic oxidation sites excluding steroid dienone is 1. The molecule has 3 nitrogen and oxygen atoms in total. The Bertz CT molecular complexity index is 448. The predicted octanol–water partition coefficient (Wildman–Crippen LogP) is 2.43. The lowest BCUT2D eigenvalue weighted by atomic mass is 9.92. The molecule has 1 fully saturated rings. The van der Waals surface area contributed by atoms with Gasteiger partial charge in [-0.2, -0.15) is 0 Å². The summed E-state index contributed by atoms with van der Waals surface area (Å²) < 4.78 is 4.54. The zero-order valence-corrected chi connectivity index (χ0v) is 9.63. The van der Waals surface area contributed by atoms with Crippen LogP contribution in [0.5, 0.6) is 0 Å². The molecule has 88 valence electrons. The van der Waals surface area contributed by atoms with Gasteiger partial charge >= 0.3 is 11.9 Å². The van der Waals surface area contributed by atoms with Gasteiger partial charge in [0.2, 0.25) is 0 Å². The van der Waals surface area contributed by atoms with E-state index >= 15 is 0 Å². The molecular formula is C14H14O3. The number of hydrogen-bond acceptors (Lipinski definition) is 3. The maximum absolute atomic E-state index is 11.4. The minimum Gasteiger partial charge on any atom is -0.393 e. The van der Waals surface area contributed by atoms with Crippen LogP contribution < -0.4 is 0 Å². The van der Waals surface area contributed by atoms with Crippen molar-refractivity contribution in [1.82, 2.24) is 0 Å². The van der Waals surface area contributed by atoms with Crippen molar-refractivity contribution in [1.29, 1.82) is 0 Å². The molecule has 1 saturated heterocycles. The quantitative estimate of drug-likeness (QED) is 0.591. The highest BCUT2D eigenvalue weighted by molar-refractivity contribution is 5.94. The highest BCUT2D eigenvalue weighted by atomic mass is 16.6. The molecule has 1 aromatic carbocycles. The molecule has 2 rings (SSSR count). The zero-order valence-electron chi connectivity index (χ0n) is 9.63. The minimum absolute atomic E-state index is 0.00848. The lowest BCUT2D eigenvalue weighted by molar-refractivity contribution is -0.153. The van der Waals surface area contributed by atoms with E-state index in [0.717, 1.165) is 5.56 Å². The molecule has 0 spiro atoms. The van der Waals surface area contributed by atoms with Crippen LogP contribution in [-0.2, 0) is 14.3 Å². The summed E-state index contributed by atoms with van der Waals surface area (Å²) in [6.45, 7) is 1.92. The number of hydrogen-bond donors (Lipinski definition) is 0. The minimum atomic E-state index is -0.417. The number of carbonyl (C=O) groups excluding carboxylic acids is 2. The Morgan fingerprint density at radius 3 is 2.59 bits per heavy atom. The van der Waals surface area contributed by atoms with Crippen molar-refractivity contribution in [3.05, 3.63) is 42.0 Å². The van der Waals surface area contributed by atoms with Crippen molar-refractivity contribution in [3.8, 4) is 0 Å². The van der Waals surface area contributed by atoms with E-state index in [4.69, 9.17) is 0 Å². The van der Waals surface area contributed by atoms with Crippen LogP contribution in [0.4, 0.5) is 0 Å². The van der Waals surface area contributed by atoms with Gasteiger partial charge in [0.15, 0.2) is 0 Å². The van der Waals surface area contributed by atoms with Crippen LogP contribution in [0, 0.1) is 11.8 Å². The second-order valence-corrected chi connectivity index (χ2v) is 4.23. The fraction of sp³-hybridized carbons (Fsp3) is 0.286. The molecule has 0 radical (unpaired) electrons. The molecule has 0 aromatic heterocycles. The Hall–Kier alpha value is -1.90. The molecule has 0 bridgehead atoms. The molecule has 0 N–H and O–H groups in total. The summed E-state index contributed by atoms with van der Waals surface area (Å²) in [6.07, 6.45) is 4.10. The van der Waals surface area contributed by atoms with Gasteiger partial charge in [-0.3, -0.25) is 9.59 Å². The van der Waals surface area contributed by atoms with Crippen LogP contribution >= 0.6 is 0 Å². The Kier molecular flexibility index (Phi) is 3.38. The molecule has 1 aliphatic rings. The molecule has 3 heteroatoms. The molecule has 0 saturated carbocycles. The number of ether oxygens (including phenoxy) is 1. The normalized spacial score (nSPS) is 21.8. The molecule has 0 aliphatic carbocycles. The summed E-state index contributed by atoms with van der Waals surface area (Å²) in [7, 11) is 0. The number of benzene rings is 1. The number of carbonyl (C=O) groups is 2. The van der Waals surface area contributed by atoms with Gasteiger partial charge in [0, 0.05) is 0 Å². The van der Waals surface area contributed by atoms with Gasteiger partial charge in [0.25, 0.3) is 0 Å². The standard InChI is InChI=1S/C14H14O3/c1-10(12-9-13(15)17-14(12)16)7-8-11-5-3-2-4-6-11/h2-8,10,12H,9H2,1H3/b8-7+. The van der Waals surface area contributed by atoms with Crippen LogP contribution in [0.15, 0.2) is 36.4 Å². The number of rotatable bonds is 3. The lowest BCUT2D eigenvalue weighted by Crippen LogP contribution is -2.14. The van der Waals surface area contributed by atoms with E-state index in [1.54, 1.807) is 0 Å². The summed E-state index contributed by atoms with van der Waals surface area (Å²) in [4.78, 5) is 22.3. The third kappa shape index (κ3) is 2.81. The lowest BCUT2D eigenvalue weighted by Gasteiger charge is -2.09. The van der Waals surface area contributed by atoms with Crippen molar-refractivity contribution in [2.75, 3.05) is 0 Å². The molecule has 1 aromatic rings. The van der Waals surface area contributed by atoms with Crippen molar-refractivity contribution in [3.63, 3.8) is 0 Å². The average Bonchev–Trinajstić information content (AvgIpc) is 2.67. The van der Waals surface area contributed by atoms with Crippen LogP contribution in [-0.4, -0.2) is 11.9 Å². The Balaban J connectivity index is 2.02. The van der Waals surface area contributed by atoms with Gasteiger partial charge in [-0.1, -0.05) is 49.4 Å². The maximum Gasteiger partial charge on any atom is 0.317 e. The van der Waals surface area contributed by atoms with E-state index in [1.165, 1.54) is 0 Å². The van der Waals surface area contributed by atoms with E-state index < -0.39 is 11.9 Å². The molecule has 0 amide bonds. The first-order valence-corrected chi connectivity index (χ1v) is 5.64. The van der Waals surface area contributed by atoms with Gasteiger partial charge in [-0.05, 0) is 11.5 Å². The first-order chi connectivity index (χ1) is 8.16. The monoisotopic (exact) mass is 230 g/mol. The van der Waals surface area contributed by atoms with Gasteiger partial charge in [-0.15, -0.1) is 0 Å². The fourth-order valence-corrected chi connectivity index (χ4v) is 1.85. The third-order valence-electron chi connectivity index (χ3n) is 2.93. The van der Waals surface area contributed by atoms with E-state index in [0.29, 0.717) is 0 Å². The summed E-state index contributed by atoms with van der Waals surface area (Å²) in [5, 5.41) is 0. The molecule has 17 heavy (non-hydrogen) atoms. The van der Waals surface area contributed by atoms with Crippen LogP contribution in [0.2, 0.25) is 0 Å².